The first-order valence-electron chi connectivity index (χ1n) is 9.12. The predicted molar refractivity (Wildman–Crippen MR) is 113 cm³/mol. The molecule has 1 N–H and O–H groups in total. The fourth-order valence-electron chi connectivity index (χ4n) is 3.51. The average Bonchev–Trinajstić information content (AvgIpc) is 3.00. The lowest BCUT2D eigenvalue weighted by Gasteiger charge is -2.23. The normalized spacial score (nSPS) is 17.7. The maximum atomic E-state index is 6.02. The molecule has 27 heavy (non-hydrogen) atoms. The van der Waals surface area contributed by atoms with Gasteiger partial charge in [0.1, 0.15) is 0 Å². The van der Waals surface area contributed by atoms with Gasteiger partial charge in [0.2, 0.25) is 0 Å². The number of fused-ring (bicyclic) bond motifs is 1. The molecular weight excluding hydrogens is 356 g/mol. The van der Waals surface area contributed by atoms with Crippen LogP contribution in [-0.2, 0) is 23.2 Å². The van der Waals surface area contributed by atoms with E-state index in [0.717, 1.165) is 18.7 Å². The van der Waals surface area contributed by atoms with Gasteiger partial charge in [-0.15, -0.1) is 12.4 Å². The number of anilines is 1. The molecule has 0 radical (unpaired) electrons. The van der Waals surface area contributed by atoms with Gasteiger partial charge >= 0.3 is 0 Å². The Kier molecular flexibility index (Phi) is 6.15. The van der Waals surface area contributed by atoms with Crippen molar-refractivity contribution in [1.29, 1.82) is 0 Å². The zero-order valence-corrected chi connectivity index (χ0v) is 16.3. The number of nitrogens with one attached hydrogen (secondary N) is 1. The molecule has 0 fully saturated rings. The summed E-state index contributed by atoms with van der Waals surface area (Å²) >= 11 is 0. The standard InChI is InChI=1S/C23H24N2O.ClH/c1-23(17-26-15-19-10-6-3-7-11-19)16-25-22-13-20(24-14-21(22)23)12-18-8-4-2-5-9-18;/h2-11,13-14,25H,12,15-17H2,1H3;1H. The van der Waals surface area contributed by atoms with E-state index < -0.39 is 0 Å². The molecular formula is C23H25ClN2O. The highest BCUT2D eigenvalue weighted by atomic mass is 35.5. The largest absolute Gasteiger partial charge is 0.384 e. The highest BCUT2D eigenvalue weighted by molar-refractivity contribution is 5.85. The summed E-state index contributed by atoms with van der Waals surface area (Å²) in [6.45, 7) is 4.45. The van der Waals surface area contributed by atoms with Crippen LogP contribution in [0.3, 0.4) is 0 Å². The second-order valence-electron chi connectivity index (χ2n) is 7.28. The van der Waals surface area contributed by atoms with Crippen LogP contribution in [0.4, 0.5) is 5.69 Å². The number of rotatable bonds is 6. The number of nitrogens with zero attached hydrogens (tertiary/aromatic N) is 1. The van der Waals surface area contributed by atoms with Crippen LogP contribution in [0.2, 0.25) is 0 Å². The van der Waals surface area contributed by atoms with Crippen molar-refractivity contribution >= 4 is 18.1 Å². The third-order valence-electron chi connectivity index (χ3n) is 5.04. The smallest absolute Gasteiger partial charge is 0.0717 e. The molecule has 0 spiro atoms. The van der Waals surface area contributed by atoms with Gasteiger partial charge in [0.15, 0.2) is 0 Å². The molecule has 1 atom stereocenters. The molecule has 1 unspecified atom stereocenters. The molecule has 0 saturated heterocycles. The molecule has 2 aromatic carbocycles. The minimum absolute atomic E-state index is 0. The number of ether oxygens (including phenoxy) is 1. The maximum absolute atomic E-state index is 6.02. The Labute approximate surface area is 167 Å². The van der Waals surface area contributed by atoms with Crippen LogP contribution in [0.5, 0.6) is 0 Å². The molecule has 0 aliphatic carbocycles. The summed E-state index contributed by atoms with van der Waals surface area (Å²) in [5, 5.41) is 3.55. The van der Waals surface area contributed by atoms with Crippen molar-refractivity contribution in [3.8, 4) is 0 Å². The lowest BCUT2D eigenvalue weighted by Crippen LogP contribution is -2.30. The topological polar surface area (TPSA) is 34.1 Å². The zero-order chi connectivity index (χ0) is 17.8. The van der Waals surface area contributed by atoms with Crippen molar-refractivity contribution < 1.29 is 4.74 Å². The third kappa shape index (κ3) is 4.49. The van der Waals surface area contributed by atoms with Gasteiger partial charge in [-0.25, -0.2) is 0 Å². The Hall–Kier alpha value is -2.36. The van der Waals surface area contributed by atoms with Crippen LogP contribution in [0.1, 0.15) is 29.3 Å². The van der Waals surface area contributed by atoms with Crippen molar-refractivity contribution in [2.24, 2.45) is 0 Å². The first kappa shape index (κ1) is 19.4. The number of aromatic nitrogens is 1. The van der Waals surface area contributed by atoms with Gasteiger partial charge < -0.3 is 10.1 Å². The predicted octanol–water partition coefficient (Wildman–Crippen LogP) is 4.99. The van der Waals surface area contributed by atoms with E-state index >= 15 is 0 Å². The van der Waals surface area contributed by atoms with E-state index in [-0.39, 0.29) is 17.8 Å². The second-order valence-corrected chi connectivity index (χ2v) is 7.28. The molecule has 0 saturated carbocycles. The van der Waals surface area contributed by atoms with Crippen molar-refractivity contribution in [2.45, 2.75) is 25.4 Å². The molecule has 140 valence electrons. The van der Waals surface area contributed by atoms with Crippen LogP contribution in [0, 0.1) is 0 Å². The van der Waals surface area contributed by atoms with Crippen molar-refractivity contribution in [3.05, 3.63) is 95.3 Å². The van der Waals surface area contributed by atoms with E-state index in [1.807, 2.05) is 30.5 Å². The minimum atomic E-state index is -0.0393. The summed E-state index contributed by atoms with van der Waals surface area (Å²) in [6, 6.07) is 23.0. The van der Waals surface area contributed by atoms with Crippen LogP contribution >= 0.6 is 12.4 Å². The summed E-state index contributed by atoms with van der Waals surface area (Å²) in [5.74, 6) is 0. The summed E-state index contributed by atoms with van der Waals surface area (Å²) in [5.41, 5.74) is 5.99. The molecule has 3 nitrogen and oxygen atoms in total. The number of benzene rings is 2. The Balaban J connectivity index is 0.00000210. The third-order valence-corrected chi connectivity index (χ3v) is 5.04. The fourth-order valence-corrected chi connectivity index (χ4v) is 3.51. The van der Waals surface area contributed by atoms with Crippen molar-refractivity contribution in [1.82, 2.24) is 4.98 Å². The molecule has 4 rings (SSSR count). The molecule has 1 aliphatic heterocycles. The van der Waals surface area contributed by atoms with Gasteiger partial charge in [-0.05, 0) is 17.2 Å². The van der Waals surface area contributed by atoms with Crippen molar-refractivity contribution in [2.75, 3.05) is 18.5 Å². The lowest BCUT2D eigenvalue weighted by atomic mass is 9.86. The molecule has 1 aliphatic rings. The Bertz CT molecular complexity index is 870. The van der Waals surface area contributed by atoms with Crippen LogP contribution in [0.25, 0.3) is 0 Å². The highest BCUT2D eigenvalue weighted by Gasteiger charge is 2.35. The summed E-state index contributed by atoms with van der Waals surface area (Å²) in [7, 11) is 0. The maximum Gasteiger partial charge on any atom is 0.0717 e. The minimum Gasteiger partial charge on any atom is -0.384 e. The number of hydrogen-bond donors (Lipinski definition) is 1. The zero-order valence-electron chi connectivity index (χ0n) is 15.5. The van der Waals surface area contributed by atoms with Gasteiger partial charge in [0.05, 0.1) is 13.2 Å². The molecule has 0 bridgehead atoms. The highest BCUT2D eigenvalue weighted by Crippen LogP contribution is 2.37. The second kappa shape index (κ2) is 8.55. The molecule has 3 aromatic rings. The van der Waals surface area contributed by atoms with Gasteiger partial charge in [0.25, 0.3) is 0 Å². The quantitative estimate of drug-likeness (QED) is 0.653. The molecule has 1 aromatic heterocycles. The van der Waals surface area contributed by atoms with E-state index in [9.17, 15) is 0 Å². The Morgan fingerprint density at radius 1 is 1.00 bits per heavy atom. The Morgan fingerprint density at radius 2 is 1.67 bits per heavy atom. The summed E-state index contributed by atoms with van der Waals surface area (Å²) < 4.78 is 6.02. The molecule has 0 amide bonds. The average molecular weight is 381 g/mol. The summed E-state index contributed by atoms with van der Waals surface area (Å²) in [6.07, 6.45) is 2.89. The van der Waals surface area contributed by atoms with Crippen LogP contribution in [0.15, 0.2) is 72.9 Å². The molecule has 4 heteroatoms. The Morgan fingerprint density at radius 3 is 2.37 bits per heavy atom. The van der Waals surface area contributed by atoms with E-state index in [2.05, 4.69) is 54.7 Å². The van der Waals surface area contributed by atoms with E-state index in [4.69, 9.17) is 9.72 Å². The van der Waals surface area contributed by atoms with Gasteiger partial charge in [-0.1, -0.05) is 67.6 Å². The van der Waals surface area contributed by atoms with Crippen LogP contribution in [-0.4, -0.2) is 18.1 Å². The monoisotopic (exact) mass is 380 g/mol. The molecule has 2 heterocycles. The van der Waals surface area contributed by atoms with E-state index in [0.29, 0.717) is 13.2 Å². The fraction of sp³-hybridized carbons (Fsp3) is 0.261. The lowest BCUT2D eigenvalue weighted by molar-refractivity contribution is 0.0826. The van der Waals surface area contributed by atoms with Gasteiger partial charge in [-0.3, -0.25) is 4.98 Å². The SMILES string of the molecule is CC1(COCc2ccccc2)CNc2cc(Cc3ccccc3)ncc21.Cl. The van der Waals surface area contributed by atoms with Crippen LogP contribution < -0.4 is 5.32 Å². The van der Waals surface area contributed by atoms with E-state index in [1.54, 1.807) is 0 Å². The summed E-state index contributed by atoms with van der Waals surface area (Å²) in [4.78, 5) is 4.71. The van der Waals surface area contributed by atoms with Crippen molar-refractivity contribution in [3.63, 3.8) is 0 Å². The first-order valence-corrected chi connectivity index (χ1v) is 9.12. The van der Waals surface area contributed by atoms with Gasteiger partial charge in [0, 0.05) is 41.5 Å². The number of pyridine rings is 1. The van der Waals surface area contributed by atoms with E-state index in [1.165, 1.54) is 22.4 Å². The van der Waals surface area contributed by atoms with Gasteiger partial charge in [-0.2, -0.15) is 0 Å². The number of halogens is 1. The number of hydrogen-bond acceptors (Lipinski definition) is 3. The first-order chi connectivity index (χ1) is 12.7.